The zero-order chi connectivity index (χ0) is 9.42. The SMILES string of the molecule is Cc1nonc1-c1noc(=O)n1C. The fraction of sp³-hybridized carbons (Fsp3) is 0.333. The molecule has 0 bridgehead atoms. The predicted octanol–water partition coefficient (Wildman–Crippen LogP) is -0.268. The summed E-state index contributed by atoms with van der Waals surface area (Å²) in [5.41, 5.74) is 0.970. The fourth-order valence-corrected chi connectivity index (χ4v) is 0.928. The van der Waals surface area contributed by atoms with E-state index in [4.69, 9.17) is 0 Å². The molecule has 0 saturated heterocycles. The third-order valence-corrected chi connectivity index (χ3v) is 1.67. The first-order valence-corrected chi connectivity index (χ1v) is 3.52. The average molecular weight is 182 g/mol. The van der Waals surface area contributed by atoms with E-state index in [0.29, 0.717) is 17.2 Å². The van der Waals surface area contributed by atoms with Crippen molar-refractivity contribution in [1.82, 2.24) is 20.0 Å². The Labute approximate surface area is 71.9 Å². The highest BCUT2D eigenvalue weighted by atomic mass is 16.6. The van der Waals surface area contributed by atoms with Crippen LogP contribution in [0.25, 0.3) is 11.5 Å². The van der Waals surface area contributed by atoms with Crippen LogP contribution in [0.15, 0.2) is 13.9 Å². The second-order valence-corrected chi connectivity index (χ2v) is 2.53. The molecular weight excluding hydrogens is 176 g/mol. The van der Waals surface area contributed by atoms with E-state index in [1.165, 1.54) is 11.6 Å². The summed E-state index contributed by atoms with van der Waals surface area (Å²) >= 11 is 0. The van der Waals surface area contributed by atoms with Gasteiger partial charge in [-0.3, -0.25) is 9.09 Å². The molecule has 0 amide bonds. The first-order chi connectivity index (χ1) is 6.20. The quantitative estimate of drug-likeness (QED) is 0.603. The molecule has 7 heteroatoms. The van der Waals surface area contributed by atoms with Crippen molar-refractivity contribution in [2.45, 2.75) is 6.92 Å². The molecule has 0 atom stereocenters. The highest BCUT2D eigenvalue weighted by Gasteiger charge is 2.16. The highest BCUT2D eigenvalue weighted by Crippen LogP contribution is 2.14. The van der Waals surface area contributed by atoms with Gasteiger partial charge >= 0.3 is 5.76 Å². The van der Waals surface area contributed by atoms with Crippen LogP contribution in [0.1, 0.15) is 5.69 Å². The van der Waals surface area contributed by atoms with Crippen molar-refractivity contribution >= 4 is 0 Å². The zero-order valence-electron chi connectivity index (χ0n) is 7.01. The van der Waals surface area contributed by atoms with Crippen LogP contribution in [0.3, 0.4) is 0 Å². The molecule has 2 aromatic heterocycles. The molecule has 0 fully saturated rings. The van der Waals surface area contributed by atoms with Crippen LogP contribution < -0.4 is 5.76 Å². The summed E-state index contributed by atoms with van der Waals surface area (Å²) in [7, 11) is 1.53. The summed E-state index contributed by atoms with van der Waals surface area (Å²) in [4.78, 5) is 10.9. The van der Waals surface area contributed by atoms with Crippen molar-refractivity contribution in [3.8, 4) is 11.5 Å². The second-order valence-electron chi connectivity index (χ2n) is 2.53. The van der Waals surface area contributed by atoms with Gasteiger partial charge in [0, 0.05) is 7.05 Å². The molecule has 0 radical (unpaired) electrons. The lowest BCUT2D eigenvalue weighted by Gasteiger charge is -1.90. The monoisotopic (exact) mass is 182 g/mol. The highest BCUT2D eigenvalue weighted by molar-refractivity contribution is 5.50. The molecule has 0 aliphatic carbocycles. The van der Waals surface area contributed by atoms with Crippen LogP contribution in [0.5, 0.6) is 0 Å². The molecule has 13 heavy (non-hydrogen) atoms. The first-order valence-electron chi connectivity index (χ1n) is 3.52. The van der Waals surface area contributed by atoms with E-state index in [2.05, 4.69) is 24.6 Å². The van der Waals surface area contributed by atoms with Gasteiger partial charge in [0.05, 0.1) is 0 Å². The largest absolute Gasteiger partial charge is 0.441 e. The Morgan fingerprint density at radius 2 is 2.08 bits per heavy atom. The van der Waals surface area contributed by atoms with Gasteiger partial charge in [0.25, 0.3) is 0 Å². The second kappa shape index (κ2) is 2.54. The molecule has 2 rings (SSSR count). The smallest absolute Gasteiger partial charge is 0.295 e. The van der Waals surface area contributed by atoms with Crippen LogP contribution in [0.2, 0.25) is 0 Å². The van der Waals surface area contributed by atoms with Crippen molar-refractivity contribution in [1.29, 1.82) is 0 Å². The summed E-state index contributed by atoms with van der Waals surface area (Å²) in [5, 5.41) is 10.7. The van der Waals surface area contributed by atoms with Gasteiger partial charge in [-0.25, -0.2) is 9.42 Å². The van der Waals surface area contributed by atoms with Crippen LogP contribution in [0, 0.1) is 6.92 Å². The molecule has 2 aromatic rings. The van der Waals surface area contributed by atoms with Crippen LogP contribution >= 0.6 is 0 Å². The van der Waals surface area contributed by atoms with E-state index < -0.39 is 5.76 Å². The lowest BCUT2D eigenvalue weighted by molar-refractivity contribution is 0.305. The van der Waals surface area contributed by atoms with E-state index in [1.807, 2.05) is 0 Å². The molecule has 0 spiro atoms. The maximum Gasteiger partial charge on any atom is 0.441 e. The normalized spacial score (nSPS) is 10.6. The summed E-state index contributed by atoms with van der Waals surface area (Å²) in [6.07, 6.45) is 0. The molecule has 0 aromatic carbocycles. The lowest BCUT2D eigenvalue weighted by Crippen LogP contribution is -2.10. The van der Waals surface area contributed by atoms with Crippen LogP contribution in [0.4, 0.5) is 0 Å². The Balaban J connectivity index is 2.65. The van der Waals surface area contributed by atoms with Crippen molar-refractivity contribution in [2.24, 2.45) is 7.05 Å². The van der Waals surface area contributed by atoms with Gasteiger partial charge < -0.3 is 0 Å². The topological polar surface area (TPSA) is 87.0 Å². The third-order valence-electron chi connectivity index (χ3n) is 1.67. The molecule has 0 aliphatic heterocycles. The number of hydrogen-bond donors (Lipinski definition) is 0. The Morgan fingerprint density at radius 1 is 1.31 bits per heavy atom. The fourth-order valence-electron chi connectivity index (χ4n) is 0.928. The first kappa shape index (κ1) is 7.71. The average Bonchev–Trinajstić information content (AvgIpc) is 2.62. The van der Waals surface area contributed by atoms with E-state index in [9.17, 15) is 4.79 Å². The molecule has 68 valence electrons. The molecule has 0 saturated carbocycles. The molecule has 2 heterocycles. The number of hydrogen-bond acceptors (Lipinski definition) is 6. The lowest BCUT2D eigenvalue weighted by atomic mass is 10.3. The molecule has 0 aliphatic rings. The van der Waals surface area contributed by atoms with E-state index in [1.54, 1.807) is 6.92 Å². The number of rotatable bonds is 1. The standard InChI is InChI=1S/C6H6N4O3/c1-3-4(8-13-7-3)5-9-12-6(11)10(5)2/h1-2H3. The number of nitrogens with zero attached hydrogens (tertiary/aromatic N) is 4. The van der Waals surface area contributed by atoms with E-state index in [0.717, 1.165) is 0 Å². The van der Waals surface area contributed by atoms with E-state index >= 15 is 0 Å². The van der Waals surface area contributed by atoms with Gasteiger partial charge in [0.2, 0.25) is 5.82 Å². The summed E-state index contributed by atoms with van der Waals surface area (Å²) < 4.78 is 10.1. The van der Waals surface area contributed by atoms with Crippen LogP contribution in [-0.4, -0.2) is 20.0 Å². The maximum atomic E-state index is 10.9. The summed E-state index contributed by atoms with van der Waals surface area (Å²) in [6.45, 7) is 1.70. The predicted molar refractivity (Wildman–Crippen MR) is 39.8 cm³/mol. The van der Waals surface area contributed by atoms with Gasteiger partial charge in [-0.2, -0.15) is 0 Å². The van der Waals surface area contributed by atoms with Gasteiger partial charge in [-0.15, -0.1) is 0 Å². The molecular formula is C6H6N4O3. The van der Waals surface area contributed by atoms with Gasteiger partial charge in [-0.05, 0) is 12.1 Å². The third kappa shape index (κ3) is 1.05. The van der Waals surface area contributed by atoms with Gasteiger partial charge in [-0.1, -0.05) is 10.3 Å². The Bertz CT molecular complexity index is 480. The van der Waals surface area contributed by atoms with Gasteiger partial charge in [0.15, 0.2) is 5.69 Å². The Morgan fingerprint density at radius 3 is 2.54 bits per heavy atom. The molecule has 0 N–H and O–H groups in total. The van der Waals surface area contributed by atoms with Crippen molar-refractivity contribution in [3.63, 3.8) is 0 Å². The zero-order valence-corrected chi connectivity index (χ0v) is 7.01. The Hall–Kier alpha value is -1.92. The van der Waals surface area contributed by atoms with Crippen LogP contribution in [-0.2, 0) is 7.05 Å². The van der Waals surface area contributed by atoms with Gasteiger partial charge in [0.1, 0.15) is 5.69 Å². The minimum atomic E-state index is -0.544. The maximum absolute atomic E-state index is 10.9. The minimum absolute atomic E-state index is 0.309. The Kier molecular flexibility index (Phi) is 1.51. The minimum Gasteiger partial charge on any atom is -0.295 e. The number of aryl methyl sites for hydroxylation is 1. The van der Waals surface area contributed by atoms with E-state index in [-0.39, 0.29) is 0 Å². The molecule has 7 nitrogen and oxygen atoms in total. The number of aromatic nitrogens is 4. The van der Waals surface area contributed by atoms with Crippen molar-refractivity contribution in [3.05, 3.63) is 16.2 Å². The van der Waals surface area contributed by atoms with Crippen molar-refractivity contribution in [2.75, 3.05) is 0 Å². The summed E-state index contributed by atoms with van der Waals surface area (Å²) in [5.74, 6) is -0.235. The van der Waals surface area contributed by atoms with Crippen molar-refractivity contribution < 1.29 is 9.15 Å². The summed E-state index contributed by atoms with van der Waals surface area (Å²) in [6, 6.07) is 0. The molecule has 0 unspecified atom stereocenters.